The molecule has 0 radical (unpaired) electrons. The van der Waals surface area contributed by atoms with Crippen molar-refractivity contribution < 1.29 is 4.74 Å². The van der Waals surface area contributed by atoms with Gasteiger partial charge in [-0.3, -0.25) is 0 Å². The fourth-order valence-corrected chi connectivity index (χ4v) is 2.71. The first-order valence-electron chi connectivity index (χ1n) is 6.13. The van der Waals surface area contributed by atoms with Crippen LogP contribution in [-0.2, 0) is 6.54 Å². The summed E-state index contributed by atoms with van der Waals surface area (Å²) in [5.74, 6) is 0.960. The second-order valence-corrected chi connectivity index (χ2v) is 5.36. The minimum Gasteiger partial charge on any atom is -0.491 e. The summed E-state index contributed by atoms with van der Waals surface area (Å²) in [7, 11) is 0. The SMILES string of the molecule is Clc1ccc(CNC2COc3ccccc32)c(Cl)c1. The van der Waals surface area contributed by atoms with Crippen LogP contribution in [0, 0.1) is 0 Å². The van der Waals surface area contributed by atoms with Crippen molar-refractivity contribution in [2.75, 3.05) is 6.61 Å². The zero-order valence-corrected chi connectivity index (χ0v) is 11.7. The molecule has 0 aliphatic carbocycles. The van der Waals surface area contributed by atoms with Crippen molar-refractivity contribution in [1.29, 1.82) is 0 Å². The van der Waals surface area contributed by atoms with Gasteiger partial charge in [0.25, 0.3) is 0 Å². The van der Waals surface area contributed by atoms with Crippen LogP contribution in [0.3, 0.4) is 0 Å². The lowest BCUT2D eigenvalue weighted by Crippen LogP contribution is -2.22. The maximum atomic E-state index is 6.16. The molecule has 2 aromatic rings. The summed E-state index contributed by atoms with van der Waals surface area (Å²) in [5, 5.41) is 4.80. The first-order valence-corrected chi connectivity index (χ1v) is 6.88. The summed E-state index contributed by atoms with van der Waals surface area (Å²) in [5.41, 5.74) is 2.24. The Morgan fingerprint density at radius 3 is 2.84 bits per heavy atom. The number of ether oxygens (including phenoxy) is 1. The van der Waals surface area contributed by atoms with Gasteiger partial charge >= 0.3 is 0 Å². The Morgan fingerprint density at radius 2 is 2.00 bits per heavy atom. The zero-order valence-electron chi connectivity index (χ0n) is 10.2. The second kappa shape index (κ2) is 5.41. The van der Waals surface area contributed by atoms with Gasteiger partial charge in [0.05, 0.1) is 6.04 Å². The van der Waals surface area contributed by atoms with E-state index in [0.29, 0.717) is 23.2 Å². The van der Waals surface area contributed by atoms with Crippen LogP contribution in [-0.4, -0.2) is 6.61 Å². The molecule has 19 heavy (non-hydrogen) atoms. The topological polar surface area (TPSA) is 21.3 Å². The second-order valence-electron chi connectivity index (χ2n) is 4.52. The van der Waals surface area contributed by atoms with Crippen LogP contribution < -0.4 is 10.1 Å². The van der Waals surface area contributed by atoms with E-state index >= 15 is 0 Å². The molecule has 1 atom stereocenters. The Bertz CT molecular complexity index is 600. The number of hydrogen-bond donors (Lipinski definition) is 1. The molecule has 98 valence electrons. The summed E-state index contributed by atoms with van der Waals surface area (Å²) in [6.07, 6.45) is 0. The Labute approximate surface area is 122 Å². The molecule has 2 nitrogen and oxygen atoms in total. The highest BCUT2D eigenvalue weighted by Gasteiger charge is 2.22. The van der Waals surface area contributed by atoms with Crippen molar-refractivity contribution in [3.05, 3.63) is 63.6 Å². The quantitative estimate of drug-likeness (QED) is 0.915. The van der Waals surface area contributed by atoms with Crippen LogP contribution >= 0.6 is 23.2 Å². The van der Waals surface area contributed by atoms with Crippen molar-refractivity contribution in [3.63, 3.8) is 0 Å². The Hall–Kier alpha value is -1.22. The smallest absolute Gasteiger partial charge is 0.124 e. The number of rotatable bonds is 3. The van der Waals surface area contributed by atoms with Gasteiger partial charge in [0.2, 0.25) is 0 Å². The van der Waals surface area contributed by atoms with Crippen LogP contribution in [0.25, 0.3) is 0 Å². The summed E-state index contributed by atoms with van der Waals surface area (Å²) in [6, 6.07) is 13.9. The predicted molar refractivity (Wildman–Crippen MR) is 78.0 cm³/mol. The largest absolute Gasteiger partial charge is 0.491 e. The van der Waals surface area contributed by atoms with Gasteiger partial charge in [-0.25, -0.2) is 0 Å². The lowest BCUT2D eigenvalue weighted by molar-refractivity contribution is 0.310. The van der Waals surface area contributed by atoms with Crippen molar-refractivity contribution in [2.24, 2.45) is 0 Å². The van der Waals surface area contributed by atoms with Gasteiger partial charge in [0.1, 0.15) is 12.4 Å². The van der Waals surface area contributed by atoms with E-state index in [1.807, 2.05) is 30.3 Å². The molecule has 0 spiro atoms. The molecule has 2 aromatic carbocycles. The number of fused-ring (bicyclic) bond motifs is 1. The van der Waals surface area contributed by atoms with E-state index in [-0.39, 0.29) is 6.04 Å². The molecule has 4 heteroatoms. The molecule has 1 heterocycles. The van der Waals surface area contributed by atoms with E-state index in [4.69, 9.17) is 27.9 Å². The molecule has 0 saturated carbocycles. The minimum atomic E-state index is 0.211. The van der Waals surface area contributed by atoms with Crippen molar-refractivity contribution in [2.45, 2.75) is 12.6 Å². The van der Waals surface area contributed by atoms with E-state index in [1.54, 1.807) is 6.07 Å². The van der Waals surface area contributed by atoms with Crippen molar-refractivity contribution in [3.8, 4) is 5.75 Å². The van der Waals surface area contributed by atoms with Gasteiger partial charge in [0, 0.05) is 22.2 Å². The van der Waals surface area contributed by atoms with E-state index in [9.17, 15) is 0 Å². The third-order valence-corrected chi connectivity index (χ3v) is 3.84. The molecule has 1 unspecified atom stereocenters. The molecule has 1 aliphatic heterocycles. The highest BCUT2D eigenvalue weighted by molar-refractivity contribution is 6.35. The average molecular weight is 294 g/mol. The van der Waals surface area contributed by atoms with Crippen LogP contribution in [0.1, 0.15) is 17.2 Å². The average Bonchev–Trinajstić information content (AvgIpc) is 2.81. The first-order chi connectivity index (χ1) is 9.24. The van der Waals surface area contributed by atoms with Crippen LogP contribution in [0.2, 0.25) is 10.0 Å². The lowest BCUT2D eigenvalue weighted by atomic mass is 10.1. The molecule has 3 rings (SSSR count). The van der Waals surface area contributed by atoms with Crippen molar-refractivity contribution >= 4 is 23.2 Å². The summed E-state index contributed by atoms with van der Waals surface area (Å²) < 4.78 is 5.63. The van der Waals surface area contributed by atoms with Crippen LogP contribution in [0.4, 0.5) is 0 Å². The van der Waals surface area contributed by atoms with Gasteiger partial charge < -0.3 is 10.1 Å². The first kappa shape index (κ1) is 12.8. The molecule has 1 aliphatic rings. The molecule has 0 amide bonds. The molecule has 0 aromatic heterocycles. The maximum Gasteiger partial charge on any atom is 0.124 e. The number of hydrogen-bond acceptors (Lipinski definition) is 2. The maximum absolute atomic E-state index is 6.16. The molecule has 1 N–H and O–H groups in total. The summed E-state index contributed by atoms with van der Waals surface area (Å²) >= 11 is 12.0. The molecular formula is C15H13Cl2NO. The van der Waals surface area contributed by atoms with Gasteiger partial charge in [0.15, 0.2) is 0 Å². The molecule has 0 saturated heterocycles. The highest BCUT2D eigenvalue weighted by Crippen LogP contribution is 2.32. The Morgan fingerprint density at radius 1 is 1.16 bits per heavy atom. The number of benzene rings is 2. The lowest BCUT2D eigenvalue weighted by Gasteiger charge is -2.12. The van der Waals surface area contributed by atoms with Crippen molar-refractivity contribution in [1.82, 2.24) is 5.32 Å². The van der Waals surface area contributed by atoms with E-state index < -0.39 is 0 Å². The minimum absolute atomic E-state index is 0.211. The van der Waals surface area contributed by atoms with E-state index in [0.717, 1.165) is 11.3 Å². The highest BCUT2D eigenvalue weighted by atomic mass is 35.5. The summed E-state index contributed by atoms with van der Waals surface area (Å²) in [6.45, 7) is 1.35. The number of halogens is 2. The third-order valence-electron chi connectivity index (χ3n) is 3.25. The monoisotopic (exact) mass is 293 g/mol. The predicted octanol–water partition coefficient (Wildman–Crippen LogP) is 4.22. The number of para-hydroxylation sites is 1. The van der Waals surface area contributed by atoms with Gasteiger partial charge in [-0.15, -0.1) is 0 Å². The van der Waals surface area contributed by atoms with Gasteiger partial charge in [-0.05, 0) is 23.8 Å². The molecule has 0 fully saturated rings. The van der Waals surface area contributed by atoms with Gasteiger partial charge in [-0.1, -0.05) is 47.5 Å². The van der Waals surface area contributed by atoms with Gasteiger partial charge in [-0.2, -0.15) is 0 Å². The fraction of sp³-hybridized carbons (Fsp3) is 0.200. The fourth-order valence-electron chi connectivity index (χ4n) is 2.23. The Balaban J connectivity index is 1.71. The molecular weight excluding hydrogens is 281 g/mol. The summed E-state index contributed by atoms with van der Waals surface area (Å²) in [4.78, 5) is 0. The van der Waals surface area contributed by atoms with E-state index in [2.05, 4.69) is 11.4 Å². The number of nitrogens with one attached hydrogen (secondary N) is 1. The Kier molecular flexibility index (Phi) is 3.65. The van der Waals surface area contributed by atoms with Crippen LogP contribution in [0.5, 0.6) is 5.75 Å². The van der Waals surface area contributed by atoms with Crippen LogP contribution in [0.15, 0.2) is 42.5 Å². The molecule has 0 bridgehead atoms. The normalized spacial score (nSPS) is 17.1. The zero-order chi connectivity index (χ0) is 13.2. The standard InChI is InChI=1S/C15H13Cl2NO/c16-11-6-5-10(13(17)7-11)8-18-14-9-19-15-4-2-1-3-12(14)15/h1-7,14,18H,8-9H2. The van der Waals surface area contributed by atoms with E-state index in [1.165, 1.54) is 5.56 Å². The third kappa shape index (κ3) is 2.71.